The van der Waals surface area contributed by atoms with Crippen LogP contribution in [-0.4, -0.2) is 24.7 Å². The van der Waals surface area contributed by atoms with Gasteiger partial charge in [-0.1, -0.05) is 41.9 Å². The molecule has 0 saturated heterocycles. The Bertz CT molecular complexity index is 692. The summed E-state index contributed by atoms with van der Waals surface area (Å²) in [6, 6.07) is 15.9. The lowest BCUT2D eigenvalue weighted by atomic mass is 10.2. The number of para-hydroxylation sites is 1. The highest BCUT2D eigenvalue weighted by atomic mass is 35.5. The number of rotatable bonds is 4. The monoisotopic (exact) mass is 346 g/mol. The number of fused-ring (bicyclic) bond motifs is 1. The Labute approximate surface area is 146 Å². The maximum absolute atomic E-state index is 12.3. The molecule has 0 radical (unpaired) electrons. The largest absolute Gasteiger partial charge is 0.361 e. The van der Waals surface area contributed by atoms with Crippen LogP contribution in [0.2, 0.25) is 5.02 Å². The van der Waals surface area contributed by atoms with Crippen LogP contribution in [0.5, 0.6) is 0 Å². The molecule has 2 aromatic carbocycles. The fourth-order valence-electron chi connectivity index (χ4n) is 2.63. The van der Waals surface area contributed by atoms with Crippen molar-refractivity contribution >= 4 is 35.0 Å². The van der Waals surface area contributed by atoms with Crippen LogP contribution in [0, 0.1) is 0 Å². The fraction of sp³-hybridized carbons (Fsp3) is 0.278. The number of nitrogens with one attached hydrogen (secondary N) is 1. The summed E-state index contributed by atoms with van der Waals surface area (Å²) in [5.74, 6) is 1.11. The van der Waals surface area contributed by atoms with E-state index in [0.717, 1.165) is 30.0 Å². The third kappa shape index (κ3) is 4.21. The third-order valence-corrected chi connectivity index (χ3v) is 5.32. The van der Waals surface area contributed by atoms with Crippen molar-refractivity contribution in [3.8, 4) is 0 Å². The molecule has 0 bridgehead atoms. The van der Waals surface area contributed by atoms with Gasteiger partial charge in [-0.25, -0.2) is 0 Å². The molecule has 1 amide bonds. The highest BCUT2D eigenvalue weighted by molar-refractivity contribution is 7.99. The van der Waals surface area contributed by atoms with Gasteiger partial charge in [0.2, 0.25) is 5.91 Å². The molecule has 0 atom stereocenters. The maximum atomic E-state index is 12.3. The van der Waals surface area contributed by atoms with Crippen molar-refractivity contribution in [2.45, 2.75) is 17.9 Å². The molecule has 0 fully saturated rings. The minimum Gasteiger partial charge on any atom is -0.361 e. The number of carbonyl (C=O) groups excluding carboxylic acids is 1. The van der Waals surface area contributed by atoms with Gasteiger partial charge in [0.1, 0.15) is 0 Å². The van der Waals surface area contributed by atoms with E-state index in [2.05, 4.69) is 22.3 Å². The Hall–Kier alpha value is -1.65. The van der Waals surface area contributed by atoms with Crippen LogP contribution >= 0.6 is 23.4 Å². The molecule has 1 heterocycles. The van der Waals surface area contributed by atoms with E-state index in [-0.39, 0.29) is 5.91 Å². The number of thioether (sulfide) groups is 1. The molecule has 1 aliphatic heterocycles. The molecule has 0 aliphatic carbocycles. The second kappa shape index (κ2) is 7.75. The molecule has 0 spiro atoms. The molecule has 23 heavy (non-hydrogen) atoms. The lowest BCUT2D eigenvalue weighted by molar-refractivity contribution is -0.119. The summed E-state index contributed by atoms with van der Waals surface area (Å²) in [6.07, 6.45) is 1.08. The zero-order chi connectivity index (χ0) is 16.1. The summed E-state index contributed by atoms with van der Waals surface area (Å²) < 4.78 is 0. The van der Waals surface area contributed by atoms with Crippen molar-refractivity contribution in [2.75, 3.05) is 23.7 Å². The van der Waals surface area contributed by atoms with E-state index < -0.39 is 0 Å². The van der Waals surface area contributed by atoms with Gasteiger partial charge in [0.15, 0.2) is 0 Å². The van der Waals surface area contributed by atoms with E-state index in [0.29, 0.717) is 18.1 Å². The fourth-order valence-corrected chi connectivity index (χ4v) is 3.84. The van der Waals surface area contributed by atoms with Crippen LogP contribution in [0.1, 0.15) is 12.0 Å². The number of carbonyl (C=O) groups is 1. The molecule has 3 rings (SSSR count). The summed E-state index contributed by atoms with van der Waals surface area (Å²) in [4.78, 5) is 15.7. The van der Waals surface area contributed by atoms with Gasteiger partial charge in [0.05, 0.1) is 12.2 Å². The van der Waals surface area contributed by atoms with Gasteiger partial charge in [0, 0.05) is 23.0 Å². The van der Waals surface area contributed by atoms with Crippen molar-refractivity contribution in [1.29, 1.82) is 0 Å². The average molecular weight is 347 g/mol. The van der Waals surface area contributed by atoms with Gasteiger partial charge < -0.3 is 10.2 Å². The van der Waals surface area contributed by atoms with E-state index >= 15 is 0 Å². The summed E-state index contributed by atoms with van der Waals surface area (Å²) >= 11 is 7.99. The zero-order valence-electron chi connectivity index (χ0n) is 12.8. The molecule has 2 aromatic rings. The minimum absolute atomic E-state index is 0.0200. The van der Waals surface area contributed by atoms with Crippen molar-refractivity contribution in [2.24, 2.45) is 0 Å². The Kier molecular flexibility index (Phi) is 5.47. The molecule has 3 nitrogen and oxygen atoms in total. The Morgan fingerprint density at radius 3 is 2.83 bits per heavy atom. The van der Waals surface area contributed by atoms with Gasteiger partial charge in [-0.05, 0) is 35.9 Å². The summed E-state index contributed by atoms with van der Waals surface area (Å²) in [6.45, 7) is 1.74. The van der Waals surface area contributed by atoms with Gasteiger partial charge in [-0.2, -0.15) is 0 Å². The summed E-state index contributed by atoms with van der Waals surface area (Å²) in [7, 11) is 0. The van der Waals surface area contributed by atoms with Crippen molar-refractivity contribution < 1.29 is 4.79 Å². The maximum Gasteiger partial charge on any atom is 0.239 e. The van der Waals surface area contributed by atoms with E-state index in [1.807, 2.05) is 48.2 Å². The molecule has 1 aliphatic rings. The molecule has 0 unspecified atom stereocenters. The number of halogens is 1. The van der Waals surface area contributed by atoms with Crippen LogP contribution in [0.4, 0.5) is 5.69 Å². The first-order chi connectivity index (χ1) is 11.2. The molecule has 1 N–H and O–H groups in total. The van der Waals surface area contributed by atoms with E-state index in [1.54, 1.807) is 0 Å². The molecule has 0 saturated carbocycles. The number of anilines is 1. The van der Waals surface area contributed by atoms with Gasteiger partial charge in [-0.3, -0.25) is 4.79 Å². The summed E-state index contributed by atoms with van der Waals surface area (Å²) in [5, 5.41) is 3.65. The molecule has 5 heteroatoms. The van der Waals surface area contributed by atoms with Crippen LogP contribution in [0.15, 0.2) is 53.4 Å². The number of benzene rings is 2. The van der Waals surface area contributed by atoms with Crippen LogP contribution in [0.3, 0.4) is 0 Å². The third-order valence-electron chi connectivity index (χ3n) is 3.80. The van der Waals surface area contributed by atoms with Crippen molar-refractivity contribution in [3.63, 3.8) is 0 Å². The smallest absolute Gasteiger partial charge is 0.239 e. The van der Waals surface area contributed by atoms with Gasteiger partial charge >= 0.3 is 0 Å². The summed E-state index contributed by atoms with van der Waals surface area (Å²) in [5.41, 5.74) is 2.09. The van der Waals surface area contributed by atoms with E-state index in [1.165, 1.54) is 4.90 Å². The molecular weight excluding hydrogens is 328 g/mol. The SMILES string of the molecule is O=C(CN1CCCSc2ccccc21)NCc1ccccc1Cl. The number of nitrogens with zero attached hydrogens (tertiary/aromatic N) is 1. The first-order valence-corrected chi connectivity index (χ1v) is 9.07. The molecule has 0 aromatic heterocycles. The lowest BCUT2D eigenvalue weighted by Gasteiger charge is -2.23. The van der Waals surface area contributed by atoms with Crippen LogP contribution < -0.4 is 10.2 Å². The van der Waals surface area contributed by atoms with Crippen molar-refractivity contribution in [1.82, 2.24) is 5.32 Å². The number of hydrogen-bond donors (Lipinski definition) is 1. The predicted octanol–water partition coefficient (Wildman–Crippen LogP) is 3.96. The molecular formula is C18H19ClN2OS. The lowest BCUT2D eigenvalue weighted by Crippen LogP contribution is -2.37. The second-order valence-electron chi connectivity index (χ2n) is 5.46. The highest BCUT2D eigenvalue weighted by Gasteiger charge is 2.17. The molecule has 120 valence electrons. The zero-order valence-corrected chi connectivity index (χ0v) is 14.4. The predicted molar refractivity (Wildman–Crippen MR) is 97.3 cm³/mol. The van der Waals surface area contributed by atoms with E-state index in [4.69, 9.17) is 11.6 Å². The van der Waals surface area contributed by atoms with Gasteiger partial charge in [-0.15, -0.1) is 11.8 Å². The Morgan fingerprint density at radius 2 is 1.96 bits per heavy atom. The first kappa shape index (κ1) is 16.2. The topological polar surface area (TPSA) is 32.3 Å². The Balaban J connectivity index is 1.63. The standard InChI is InChI=1S/C18H19ClN2OS/c19-15-7-2-1-6-14(15)12-20-18(22)13-21-10-5-11-23-17-9-4-3-8-16(17)21/h1-4,6-9H,5,10-13H2,(H,20,22). The van der Waals surface area contributed by atoms with Crippen LogP contribution in [0.25, 0.3) is 0 Å². The normalized spacial score (nSPS) is 14.0. The minimum atomic E-state index is 0.0200. The van der Waals surface area contributed by atoms with Gasteiger partial charge in [0.25, 0.3) is 0 Å². The average Bonchev–Trinajstić information content (AvgIpc) is 2.77. The number of amides is 1. The van der Waals surface area contributed by atoms with Crippen molar-refractivity contribution in [3.05, 3.63) is 59.1 Å². The Morgan fingerprint density at radius 1 is 1.17 bits per heavy atom. The second-order valence-corrected chi connectivity index (χ2v) is 7.00. The van der Waals surface area contributed by atoms with E-state index in [9.17, 15) is 4.79 Å². The highest BCUT2D eigenvalue weighted by Crippen LogP contribution is 2.33. The van der Waals surface area contributed by atoms with Crippen LogP contribution in [-0.2, 0) is 11.3 Å². The first-order valence-electron chi connectivity index (χ1n) is 7.71. The quantitative estimate of drug-likeness (QED) is 0.909. The number of hydrogen-bond acceptors (Lipinski definition) is 3.